The van der Waals surface area contributed by atoms with Crippen molar-refractivity contribution >= 4 is 37.2 Å². The van der Waals surface area contributed by atoms with Gasteiger partial charge in [-0.3, -0.25) is 15.1 Å². The first-order chi connectivity index (χ1) is 13.0. The number of nitro benzene ring substituents is 1. The number of hydrogen-bond acceptors (Lipinski definition) is 5. The number of fused-ring (bicyclic) bond motifs is 3. The van der Waals surface area contributed by atoms with Gasteiger partial charge in [-0.15, -0.1) is 0 Å². The molecule has 0 bridgehead atoms. The highest BCUT2D eigenvalue weighted by Crippen LogP contribution is 2.29. The first kappa shape index (κ1) is 17.1. The van der Waals surface area contributed by atoms with Gasteiger partial charge in [-0.05, 0) is 29.1 Å². The van der Waals surface area contributed by atoms with E-state index in [9.17, 15) is 18.5 Å². The predicted molar refractivity (Wildman–Crippen MR) is 103 cm³/mol. The van der Waals surface area contributed by atoms with Crippen molar-refractivity contribution in [3.8, 4) is 0 Å². The Morgan fingerprint density at radius 3 is 2.33 bits per heavy atom. The second kappa shape index (κ2) is 6.44. The molecule has 0 spiro atoms. The second-order valence-corrected chi connectivity index (χ2v) is 8.16. The lowest BCUT2D eigenvalue weighted by Gasteiger charge is -2.10. The van der Waals surface area contributed by atoms with Crippen molar-refractivity contribution in [1.82, 2.24) is 4.98 Å². The smallest absolute Gasteiger partial charge is 0.258 e. The number of nitro groups is 1. The molecule has 134 valence electrons. The molecule has 1 heterocycles. The Kier molecular flexibility index (Phi) is 4.08. The van der Waals surface area contributed by atoms with Gasteiger partial charge in [0, 0.05) is 29.1 Å². The molecule has 7 heteroatoms. The van der Waals surface area contributed by atoms with Crippen LogP contribution in [-0.2, 0) is 15.6 Å². The van der Waals surface area contributed by atoms with Crippen LogP contribution in [0.25, 0.3) is 21.7 Å². The Hall–Kier alpha value is -3.32. The summed E-state index contributed by atoms with van der Waals surface area (Å²) in [5.74, 6) is -0.210. The third-order valence-electron chi connectivity index (χ3n) is 4.45. The van der Waals surface area contributed by atoms with Gasteiger partial charge in [0.2, 0.25) is 0 Å². The van der Waals surface area contributed by atoms with E-state index in [0.29, 0.717) is 5.56 Å². The van der Waals surface area contributed by atoms with Crippen LogP contribution >= 0.6 is 0 Å². The lowest BCUT2D eigenvalue weighted by molar-refractivity contribution is -0.384. The second-order valence-electron chi connectivity index (χ2n) is 6.17. The van der Waals surface area contributed by atoms with Crippen LogP contribution in [0.2, 0.25) is 0 Å². The zero-order chi connectivity index (χ0) is 19.0. The molecule has 0 saturated carbocycles. The molecule has 0 fully saturated rings. The number of benzene rings is 3. The molecule has 0 aliphatic carbocycles. The summed E-state index contributed by atoms with van der Waals surface area (Å²) < 4.78 is 25.7. The number of hydrogen-bond donors (Lipinski definition) is 0. The fourth-order valence-electron chi connectivity index (χ4n) is 3.17. The molecule has 3 aromatic carbocycles. The fourth-order valence-corrected chi connectivity index (χ4v) is 4.54. The van der Waals surface area contributed by atoms with Crippen molar-refractivity contribution in [3.05, 3.63) is 88.6 Å². The monoisotopic (exact) mass is 378 g/mol. The largest absolute Gasteiger partial charge is 0.269 e. The quantitative estimate of drug-likeness (QED) is 0.300. The molecule has 4 rings (SSSR count). The number of non-ortho nitro benzene ring substituents is 1. The van der Waals surface area contributed by atoms with E-state index in [0.717, 1.165) is 21.7 Å². The Labute approximate surface area is 155 Å². The highest BCUT2D eigenvalue weighted by atomic mass is 32.2. The van der Waals surface area contributed by atoms with E-state index >= 15 is 0 Å². The summed E-state index contributed by atoms with van der Waals surface area (Å²) >= 11 is 0. The molecule has 0 unspecified atom stereocenters. The van der Waals surface area contributed by atoms with E-state index in [1.807, 2.05) is 36.4 Å². The van der Waals surface area contributed by atoms with Crippen molar-refractivity contribution in [1.29, 1.82) is 0 Å². The van der Waals surface area contributed by atoms with Gasteiger partial charge in [0.05, 0.1) is 21.1 Å². The number of pyridine rings is 1. The Bertz CT molecular complexity index is 1280. The lowest BCUT2D eigenvalue weighted by atomic mass is 10.0. The lowest BCUT2D eigenvalue weighted by Crippen LogP contribution is -2.06. The Balaban J connectivity index is 1.83. The molecule has 0 aliphatic rings. The van der Waals surface area contributed by atoms with Crippen LogP contribution in [0.15, 0.2) is 77.8 Å². The van der Waals surface area contributed by atoms with Crippen LogP contribution in [0.1, 0.15) is 5.56 Å². The van der Waals surface area contributed by atoms with Crippen molar-refractivity contribution in [2.75, 3.05) is 0 Å². The summed E-state index contributed by atoms with van der Waals surface area (Å²) in [6, 6.07) is 18.1. The highest BCUT2D eigenvalue weighted by molar-refractivity contribution is 7.90. The van der Waals surface area contributed by atoms with Crippen LogP contribution in [-0.4, -0.2) is 18.3 Å². The maximum absolute atomic E-state index is 12.9. The maximum Gasteiger partial charge on any atom is 0.269 e. The van der Waals surface area contributed by atoms with Crippen LogP contribution < -0.4 is 0 Å². The Morgan fingerprint density at radius 2 is 1.59 bits per heavy atom. The zero-order valence-corrected chi connectivity index (χ0v) is 14.9. The van der Waals surface area contributed by atoms with Gasteiger partial charge in [0.25, 0.3) is 5.69 Å². The van der Waals surface area contributed by atoms with E-state index < -0.39 is 14.8 Å². The summed E-state index contributed by atoms with van der Waals surface area (Å²) in [7, 11) is -3.67. The van der Waals surface area contributed by atoms with Gasteiger partial charge in [-0.1, -0.05) is 36.4 Å². The summed E-state index contributed by atoms with van der Waals surface area (Å²) in [5, 5.41) is 13.4. The number of nitrogens with zero attached hydrogens (tertiary/aromatic N) is 2. The van der Waals surface area contributed by atoms with Gasteiger partial charge in [-0.2, -0.15) is 0 Å². The average molecular weight is 378 g/mol. The van der Waals surface area contributed by atoms with Crippen LogP contribution in [0, 0.1) is 10.1 Å². The molecule has 4 aromatic rings. The van der Waals surface area contributed by atoms with E-state index in [1.165, 1.54) is 24.3 Å². The highest BCUT2D eigenvalue weighted by Gasteiger charge is 2.19. The molecule has 6 nitrogen and oxygen atoms in total. The van der Waals surface area contributed by atoms with Crippen molar-refractivity contribution in [3.63, 3.8) is 0 Å². The first-order valence-electron chi connectivity index (χ1n) is 8.18. The summed E-state index contributed by atoms with van der Waals surface area (Å²) in [6.45, 7) is 0. The number of aromatic nitrogens is 1. The number of sulfone groups is 1. The molecule has 0 aliphatic heterocycles. The minimum atomic E-state index is -3.67. The van der Waals surface area contributed by atoms with E-state index in [1.54, 1.807) is 12.3 Å². The first-order valence-corrected chi connectivity index (χ1v) is 9.83. The fraction of sp³-hybridized carbons (Fsp3) is 0.0500. The molecule has 0 saturated heterocycles. The summed E-state index contributed by atoms with van der Waals surface area (Å²) in [5.41, 5.74) is 1.26. The van der Waals surface area contributed by atoms with E-state index in [-0.39, 0.29) is 16.3 Å². The van der Waals surface area contributed by atoms with Gasteiger partial charge in [0.1, 0.15) is 0 Å². The zero-order valence-electron chi connectivity index (χ0n) is 14.1. The van der Waals surface area contributed by atoms with Crippen molar-refractivity contribution in [2.24, 2.45) is 0 Å². The molecule has 0 amide bonds. The minimum absolute atomic E-state index is 0.0540. The SMILES string of the molecule is O=[N+]([O-])c1ccc(S(=O)(=O)Cc2cccc3ccc4cccnc4c23)cc1. The van der Waals surface area contributed by atoms with Gasteiger partial charge >= 0.3 is 0 Å². The van der Waals surface area contributed by atoms with Gasteiger partial charge in [-0.25, -0.2) is 8.42 Å². The van der Waals surface area contributed by atoms with Crippen LogP contribution in [0.4, 0.5) is 5.69 Å². The summed E-state index contributed by atoms with van der Waals surface area (Å²) in [6.07, 6.45) is 1.68. The Morgan fingerprint density at radius 1 is 0.889 bits per heavy atom. The average Bonchev–Trinajstić information content (AvgIpc) is 2.67. The van der Waals surface area contributed by atoms with Crippen LogP contribution in [0.5, 0.6) is 0 Å². The van der Waals surface area contributed by atoms with E-state index in [2.05, 4.69) is 4.98 Å². The predicted octanol–water partition coefficient (Wildman–Crippen LogP) is 4.27. The maximum atomic E-state index is 12.9. The van der Waals surface area contributed by atoms with Gasteiger partial charge < -0.3 is 0 Å². The van der Waals surface area contributed by atoms with Crippen LogP contribution in [0.3, 0.4) is 0 Å². The molecule has 0 atom stereocenters. The molecular weight excluding hydrogens is 364 g/mol. The molecule has 0 radical (unpaired) electrons. The minimum Gasteiger partial charge on any atom is -0.258 e. The van der Waals surface area contributed by atoms with Crippen molar-refractivity contribution in [2.45, 2.75) is 10.6 Å². The summed E-state index contributed by atoms with van der Waals surface area (Å²) in [4.78, 5) is 14.7. The molecular formula is C20H14N2O4S. The normalized spacial score (nSPS) is 11.7. The van der Waals surface area contributed by atoms with Crippen molar-refractivity contribution < 1.29 is 13.3 Å². The molecule has 0 N–H and O–H groups in total. The third-order valence-corrected chi connectivity index (χ3v) is 6.13. The van der Waals surface area contributed by atoms with E-state index in [4.69, 9.17) is 0 Å². The topological polar surface area (TPSA) is 90.2 Å². The van der Waals surface area contributed by atoms with Gasteiger partial charge in [0.15, 0.2) is 9.84 Å². The molecule has 1 aromatic heterocycles. The number of rotatable bonds is 4. The molecule has 27 heavy (non-hydrogen) atoms. The third kappa shape index (κ3) is 3.13. The standard InChI is InChI=1S/C20H14N2O4S/c23-22(24)17-8-10-18(11-9-17)27(25,26)13-16-4-1-3-14-6-7-15-5-2-12-21-20(15)19(14)16/h1-12H,13H2.